The lowest BCUT2D eigenvalue weighted by Crippen LogP contribution is -2.56. The molecule has 0 unspecified atom stereocenters. The van der Waals surface area contributed by atoms with E-state index < -0.39 is 40.6 Å². The smallest absolute Gasteiger partial charge is 0.453 e. The number of carbonyl (C=O) groups is 4. The van der Waals surface area contributed by atoms with E-state index in [4.69, 9.17) is 27.9 Å². The van der Waals surface area contributed by atoms with Gasteiger partial charge < -0.3 is 45.4 Å². The maximum atomic E-state index is 13.9. The third-order valence-electron chi connectivity index (χ3n) is 11.8. The molecule has 2 saturated heterocycles. The van der Waals surface area contributed by atoms with E-state index in [0.29, 0.717) is 50.3 Å². The number of carbonyl (C=O) groups excluding carboxylic acids is 4. The predicted octanol–water partition coefficient (Wildman–Crippen LogP) is 8.44. The van der Waals surface area contributed by atoms with Crippen LogP contribution >= 0.6 is 23.2 Å². The first kappa shape index (κ1) is 48.9. The molecule has 0 radical (unpaired) electrons. The molecule has 2 aromatic carbocycles. The number of allylic oxidation sites excluding steroid dienone is 3. The Bertz CT molecular complexity index is 2350. The number of methoxy groups -OCH3 is 1. The maximum absolute atomic E-state index is 13.9. The number of alkyl carbamates (subject to hydrolysis) is 1. The first-order valence-corrected chi connectivity index (χ1v) is 22.3. The van der Waals surface area contributed by atoms with Crippen molar-refractivity contribution in [3.8, 4) is 16.9 Å². The molecule has 0 aliphatic carbocycles. The van der Waals surface area contributed by atoms with Crippen molar-refractivity contribution in [3.63, 3.8) is 0 Å². The average molecular weight is 943 g/mol. The van der Waals surface area contributed by atoms with Gasteiger partial charge in [0.2, 0.25) is 11.8 Å². The molecule has 350 valence electrons. The van der Waals surface area contributed by atoms with Crippen molar-refractivity contribution in [2.24, 2.45) is 17.3 Å². The first-order chi connectivity index (χ1) is 30.6. The van der Waals surface area contributed by atoms with E-state index in [1.165, 1.54) is 13.2 Å². The van der Waals surface area contributed by atoms with Crippen molar-refractivity contribution in [2.45, 2.75) is 85.8 Å². The van der Waals surface area contributed by atoms with Crippen LogP contribution in [0.1, 0.15) is 66.9 Å². The standard InChI is InChI=1S/C47H56Cl2F3N7O6/c1-26(2)39(56-45(63)64-8)43(61)59-24-27(3)20-36(59)35-11-9-10-31(22-53-35)29-12-14-30(15-13-29)33-21-34(48)40(38(49)41(33)65-47(50,51)52)55-42(60)32-16-17-37(54-23-32)58-19-18-57(25-28(58)4)44(62)46(5,6)7/h9,12-17,21-22,26-28,36,39,53-54H,10,18-20,23-25H2,1-8H3,(H,55,60)(H,56,63)/t27-,28+,36-,39-/m0/s1. The zero-order chi connectivity index (χ0) is 47.5. The Kier molecular flexibility index (Phi) is 15.0. The Morgan fingerprint density at radius 3 is 2.28 bits per heavy atom. The number of nitrogens with one attached hydrogen (secondary N) is 4. The number of ether oxygens (including phenoxy) is 2. The van der Waals surface area contributed by atoms with Gasteiger partial charge in [0.15, 0.2) is 5.75 Å². The zero-order valence-corrected chi connectivity index (χ0v) is 39.2. The molecule has 4 aliphatic heterocycles. The van der Waals surface area contributed by atoms with Gasteiger partial charge in [0.1, 0.15) is 16.9 Å². The number of amides is 4. The summed E-state index contributed by atoms with van der Waals surface area (Å²) in [7, 11) is 1.25. The number of anilines is 1. The molecule has 6 rings (SSSR count). The Hall–Kier alpha value is -5.57. The van der Waals surface area contributed by atoms with Gasteiger partial charge in [0.05, 0.1) is 29.6 Å². The number of rotatable bonds is 10. The van der Waals surface area contributed by atoms with Crippen LogP contribution in [-0.4, -0.2) is 103 Å². The topological polar surface area (TPSA) is 145 Å². The summed E-state index contributed by atoms with van der Waals surface area (Å²) in [6.07, 6.45) is 2.36. The summed E-state index contributed by atoms with van der Waals surface area (Å²) in [5, 5.41) is 11.2. The SMILES string of the molecule is COC(=O)N[C@H](C(=O)N1C[C@@H](C)C[C@H]1C1=C=CCC(c2ccc(-c3cc(Cl)c(NC(=O)C4=CC=C(N5CCN(C(=O)C(C)(C)C)C[C@H]5C)NC4)c(Cl)c3OC(F)(F)F)cc2)=CN1)C(C)C. The van der Waals surface area contributed by atoms with Crippen molar-refractivity contribution >= 4 is 58.3 Å². The number of benzene rings is 2. The first-order valence-electron chi connectivity index (χ1n) is 21.5. The van der Waals surface area contributed by atoms with Crippen LogP contribution in [0.4, 0.5) is 23.7 Å². The number of dihydropyridines is 1. The van der Waals surface area contributed by atoms with Crippen LogP contribution in [0.25, 0.3) is 16.7 Å². The fourth-order valence-corrected chi connectivity index (χ4v) is 8.97. The van der Waals surface area contributed by atoms with Gasteiger partial charge in [-0.25, -0.2) is 4.79 Å². The highest BCUT2D eigenvalue weighted by Gasteiger charge is 2.40. The predicted molar refractivity (Wildman–Crippen MR) is 244 cm³/mol. The summed E-state index contributed by atoms with van der Waals surface area (Å²) in [6.45, 7) is 15.8. The van der Waals surface area contributed by atoms with Crippen molar-refractivity contribution in [2.75, 3.05) is 45.2 Å². The van der Waals surface area contributed by atoms with Crippen LogP contribution in [0.15, 0.2) is 77.6 Å². The minimum atomic E-state index is -5.13. The van der Waals surface area contributed by atoms with Gasteiger partial charge >= 0.3 is 12.5 Å². The molecule has 4 amide bonds. The summed E-state index contributed by atoms with van der Waals surface area (Å²) in [5.74, 6) is -0.720. The van der Waals surface area contributed by atoms with E-state index in [1.54, 1.807) is 41.3 Å². The van der Waals surface area contributed by atoms with Gasteiger partial charge in [0, 0.05) is 61.5 Å². The van der Waals surface area contributed by atoms with Crippen molar-refractivity contribution < 1.29 is 41.8 Å². The summed E-state index contributed by atoms with van der Waals surface area (Å²) >= 11 is 13.3. The molecule has 0 saturated carbocycles. The minimum Gasteiger partial charge on any atom is -0.453 e. The van der Waals surface area contributed by atoms with E-state index >= 15 is 0 Å². The normalized spacial score (nSPS) is 20.6. The van der Waals surface area contributed by atoms with Crippen LogP contribution in [0.3, 0.4) is 0 Å². The highest BCUT2D eigenvalue weighted by Crippen LogP contribution is 2.47. The number of halogens is 5. The van der Waals surface area contributed by atoms with E-state index in [9.17, 15) is 32.3 Å². The highest BCUT2D eigenvalue weighted by molar-refractivity contribution is 6.41. The quantitative estimate of drug-likeness (QED) is 0.173. The number of hydrogen-bond acceptors (Lipinski definition) is 9. The third kappa shape index (κ3) is 11.5. The summed E-state index contributed by atoms with van der Waals surface area (Å²) in [5.41, 5.74) is 5.41. The van der Waals surface area contributed by atoms with E-state index in [0.717, 1.165) is 17.0 Å². The largest absolute Gasteiger partial charge is 0.573 e. The molecule has 2 aromatic rings. The number of alkyl halides is 3. The van der Waals surface area contributed by atoms with E-state index in [-0.39, 0.29) is 64.1 Å². The fraction of sp³-hybridized carbons (Fsp3) is 0.468. The molecular weight excluding hydrogens is 886 g/mol. The number of hydrogen-bond donors (Lipinski definition) is 4. The molecule has 2 fully saturated rings. The second-order valence-electron chi connectivity index (χ2n) is 18.1. The maximum Gasteiger partial charge on any atom is 0.573 e. The van der Waals surface area contributed by atoms with Gasteiger partial charge in [-0.3, -0.25) is 14.4 Å². The Balaban J connectivity index is 1.17. The zero-order valence-electron chi connectivity index (χ0n) is 37.7. The molecule has 65 heavy (non-hydrogen) atoms. The molecule has 0 bridgehead atoms. The van der Waals surface area contributed by atoms with E-state index in [2.05, 4.69) is 43.6 Å². The van der Waals surface area contributed by atoms with Gasteiger partial charge in [-0.05, 0) is 72.6 Å². The summed E-state index contributed by atoms with van der Waals surface area (Å²) < 4.78 is 51.0. The number of nitrogens with zero attached hydrogens (tertiary/aromatic N) is 3. The molecule has 0 spiro atoms. The van der Waals surface area contributed by atoms with Gasteiger partial charge in [0.25, 0.3) is 5.91 Å². The Morgan fingerprint density at radius 1 is 0.985 bits per heavy atom. The molecule has 0 aromatic heterocycles. The highest BCUT2D eigenvalue weighted by atomic mass is 35.5. The molecular formula is C47H56Cl2F3N7O6. The van der Waals surface area contributed by atoms with Gasteiger partial charge in [-0.15, -0.1) is 18.9 Å². The van der Waals surface area contributed by atoms with Crippen molar-refractivity contribution in [1.29, 1.82) is 0 Å². The number of likely N-dealkylation sites (tertiary alicyclic amines) is 1. The summed E-state index contributed by atoms with van der Waals surface area (Å²) in [6, 6.07) is 6.89. The number of piperazine rings is 1. The monoisotopic (exact) mass is 941 g/mol. The van der Waals surface area contributed by atoms with E-state index in [1.807, 2.05) is 58.7 Å². The fourth-order valence-electron chi connectivity index (χ4n) is 8.39. The molecule has 18 heteroatoms. The van der Waals surface area contributed by atoms with Crippen LogP contribution in [-0.2, 0) is 19.1 Å². The lowest BCUT2D eigenvalue weighted by atomic mass is 9.94. The minimum absolute atomic E-state index is 0.00580. The van der Waals surface area contributed by atoms with Crippen LogP contribution in [0, 0.1) is 17.3 Å². The Morgan fingerprint density at radius 2 is 1.68 bits per heavy atom. The average Bonchev–Trinajstić information content (AvgIpc) is 3.47. The van der Waals surface area contributed by atoms with Gasteiger partial charge in [-0.2, -0.15) is 0 Å². The molecule has 13 nitrogen and oxygen atoms in total. The van der Waals surface area contributed by atoms with Crippen molar-refractivity contribution in [3.05, 3.63) is 93.2 Å². The second kappa shape index (κ2) is 19.9. The third-order valence-corrected chi connectivity index (χ3v) is 12.4. The molecule has 4 aliphatic rings. The van der Waals surface area contributed by atoms with Gasteiger partial charge in [-0.1, -0.05) is 89.0 Å². The summed E-state index contributed by atoms with van der Waals surface area (Å²) in [4.78, 5) is 57.9. The van der Waals surface area contributed by atoms with Crippen LogP contribution in [0.2, 0.25) is 10.0 Å². The second-order valence-corrected chi connectivity index (χ2v) is 18.9. The van der Waals surface area contributed by atoms with Crippen molar-refractivity contribution in [1.82, 2.24) is 30.7 Å². The lowest BCUT2D eigenvalue weighted by molar-refractivity contribution is -0.274. The molecule has 4 heterocycles. The molecule has 4 N–H and O–H groups in total. The lowest BCUT2D eigenvalue weighted by Gasteiger charge is -2.44. The Labute approximate surface area is 387 Å². The van der Waals surface area contributed by atoms with Crippen LogP contribution < -0.4 is 26.0 Å². The molecule has 4 atom stereocenters. The van der Waals surface area contributed by atoms with Crippen LogP contribution in [0.5, 0.6) is 5.75 Å².